The summed E-state index contributed by atoms with van der Waals surface area (Å²) in [5.74, 6) is -0.996. The third-order valence-corrected chi connectivity index (χ3v) is 5.24. The van der Waals surface area contributed by atoms with E-state index in [0.29, 0.717) is 0 Å². The molecule has 1 amide bonds. The maximum absolute atomic E-state index is 13.2. The highest BCUT2D eigenvalue weighted by Gasteiger charge is 2.17. The second kappa shape index (κ2) is 7.84. The molecule has 0 spiro atoms. The summed E-state index contributed by atoms with van der Waals surface area (Å²) in [7, 11) is -3.94. The van der Waals surface area contributed by atoms with E-state index in [-0.39, 0.29) is 33.1 Å². The van der Waals surface area contributed by atoms with Gasteiger partial charge >= 0.3 is 0 Å². The maximum atomic E-state index is 13.2. The van der Waals surface area contributed by atoms with Gasteiger partial charge in [0.15, 0.2) is 0 Å². The van der Waals surface area contributed by atoms with Crippen molar-refractivity contribution in [1.29, 1.82) is 0 Å². The molecular weight excluding hydrogens is 367 g/mol. The smallest absolute Gasteiger partial charge is 0.261 e. The predicted molar refractivity (Wildman–Crippen MR) is 95.9 cm³/mol. The van der Waals surface area contributed by atoms with Crippen LogP contribution < -0.4 is 10.0 Å². The first-order chi connectivity index (χ1) is 11.7. The molecule has 5 nitrogen and oxygen atoms in total. The third-order valence-electron chi connectivity index (χ3n) is 3.57. The van der Waals surface area contributed by atoms with Gasteiger partial charge in [0, 0.05) is 11.6 Å². The first-order valence-corrected chi connectivity index (χ1v) is 9.48. The number of halogens is 2. The Morgan fingerprint density at radius 3 is 2.60 bits per heavy atom. The fourth-order valence-electron chi connectivity index (χ4n) is 1.99. The molecule has 0 aliphatic carbocycles. The van der Waals surface area contributed by atoms with Gasteiger partial charge in [-0.3, -0.25) is 9.52 Å². The van der Waals surface area contributed by atoms with Crippen LogP contribution in [0.25, 0.3) is 0 Å². The quantitative estimate of drug-likeness (QED) is 0.795. The van der Waals surface area contributed by atoms with E-state index in [1.165, 1.54) is 36.4 Å². The van der Waals surface area contributed by atoms with Gasteiger partial charge in [-0.25, -0.2) is 12.8 Å². The molecule has 25 heavy (non-hydrogen) atoms. The molecule has 2 rings (SSSR count). The molecule has 0 aliphatic rings. The SMILES string of the molecule is CCC(C)NC(=O)c1cccc(S(=O)(=O)Nc2ccc(F)c(Cl)c2)c1. The van der Waals surface area contributed by atoms with Crippen LogP contribution in [0.1, 0.15) is 30.6 Å². The number of benzene rings is 2. The van der Waals surface area contributed by atoms with Crippen molar-refractivity contribution in [2.75, 3.05) is 4.72 Å². The number of carbonyl (C=O) groups is 1. The Hall–Kier alpha value is -2.12. The van der Waals surface area contributed by atoms with Crippen molar-refractivity contribution >= 4 is 33.2 Å². The van der Waals surface area contributed by atoms with E-state index in [9.17, 15) is 17.6 Å². The molecule has 0 heterocycles. The van der Waals surface area contributed by atoms with Crippen molar-refractivity contribution in [3.63, 3.8) is 0 Å². The number of carbonyl (C=O) groups excluding carboxylic acids is 1. The molecule has 1 unspecified atom stereocenters. The monoisotopic (exact) mass is 384 g/mol. The number of hydrogen-bond acceptors (Lipinski definition) is 3. The van der Waals surface area contributed by atoms with Crippen molar-refractivity contribution in [3.8, 4) is 0 Å². The molecule has 1 atom stereocenters. The third kappa shape index (κ3) is 4.93. The Kier molecular flexibility index (Phi) is 6.02. The molecule has 2 aromatic rings. The normalized spacial score (nSPS) is 12.5. The molecule has 0 saturated heterocycles. The van der Waals surface area contributed by atoms with E-state index in [4.69, 9.17) is 11.6 Å². The van der Waals surface area contributed by atoms with Crippen LogP contribution in [-0.2, 0) is 10.0 Å². The van der Waals surface area contributed by atoms with Gasteiger partial charge in [-0.15, -0.1) is 0 Å². The van der Waals surface area contributed by atoms with Crippen LogP contribution in [0.4, 0.5) is 10.1 Å². The fourth-order valence-corrected chi connectivity index (χ4v) is 3.26. The molecule has 2 N–H and O–H groups in total. The lowest BCUT2D eigenvalue weighted by Crippen LogP contribution is -2.32. The molecule has 0 saturated carbocycles. The average Bonchev–Trinajstić information content (AvgIpc) is 2.58. The molecule has 0 radical (unpaired) electrons. The van der Waals surface area contributed by atoms with Gasteiger partial charge in [-0.2, -0.15) is 0 Å². The van der Waals surface area contributed by atoms with Crippen molar-refractivity contribution in [1.82, 2.24) is 5.32 Å². The van der Waals surface area contributed by atoms with Gasteiger partial charge < -0.3 is 5.32 Å². The van der Waals surface area contributed by atoms with Gasteiger partial charge in [0.2, 0.25) is 0 Å². The summed E-state index contributed by atoms with van der Waals surface area (Å²) in [4.78, 5) is 12.1. The van der Waals surface area contributed by atoms with Crippen LogP contribution in [0.15, 0.2) is 47.4 Å². The fraction of sp³-hybridized carbons (Fsp3) is 0.235. The highest BCUT2D eigenvalue weighted by Crippen LogP contribution is 2.22. The van der Waals surface area contributed by atoms with Crippen LogP contribution in [0, 0.1) is 5.82 Å². The number of sulfonamides is 1. The van der Waals surface area contributed by atoms with Crippen LogP contribution >= 0.6 is 11.6 Å². The maximum Gasteiger partial charge on any atom is 0.261 e. The second-order valence-corrected chi connectivity index (χ2v) is 7.63. The number of rotatable bonds is 6. The average molecular weight is 385 g/mol. The minimum atomic E-state index is -3.94. The first kappa shape index (κ1) is 19.2. The Balaban J connectivity index is 2.26. The summed E-state index contributed by atoms with van der Waals surface area (Å²) in [5, 5.41) is 2.58. The minimum Gasteiger partial charge on any atom is -0.350 e. The summed E-state index contributed by atoms with van der Waals surface area (Å²) < 4.78 is 40.4. The van der Waals surface area contributed by atoms with Gasteiger partial charge in [0.25, 0.3) is 15.9 Å². The van der Waals surface area contributed by atoms with E-state index in [1.54, 1.807) is 0 Å². The molecular formula is C17H18ClFN2O3S. The highest BCUT2D eigenvalue weighted by atomic mass is 35.5. The summed E-state index contributed by atoms with van der Waals surface area (Å²) in [6, 6.07) is 9.15. The molecule has 0 fully saturated rings. The van der Waals surface area contributed by atoms with Crippen molar-refractivity contribution in [2.24, 2.45) is 0 Å². The zero-order valence-electron chi connectivity index (χ0n) is 13.7. The Bertz CT molecular complexity index is 887. The van der Waals surface area contributed by atoms with Crippen LogP contribution in [0.3, 0.4) is 0 Å². The molecule has 0 aliphatic heterocycles. The lowest BCUT2D eigenvalue weighted by Gasteiger charge is -2.13. The molecule has 134 valence electrons. The Labute approximate surface area is 151 Å². The second-order valence-electron chi connectivity index (χ2n) is 5.54. The van der Waals surface area contributed by atoms with Gasteiger partial charge in [0.05, 0.1) is 15.6 Å². The summed E-state index contributed by atoms with van der Waals surface area (Å²) in [6.07, 6.45) is 0.761. The number of amides is 1. The van der Waals surface area contributed by atoms with E-state index in [2.05, 4.69) is 10.0 Å². The van der Waals surface area contributed by atoms with Crippen LogP contribution in [0.5, 0.6) is 0 Å². The Morgan fingerprint density at radius 1 is 1.24 bits per heavy atom. The standard InChI is InChI=1S/C17H18ClFN2O3S/c1-3-11(2)20-17(22)12-5-4-6-14(9-12)25(23,24)21-13-7-8-16(19)15(18)10-13/h4-11,21H,3H2,1-2H3,(H,20,22). The zero-order valence-corrected chi connectivity index (χ0v) is 15.3. The van der Waals surface area contributed by atoms with Gasteiger partial charge in [-0.1, -0.05) is 24.6 Å². The summed E-state index contributed by atoms with van der Waals surface area (Å²) >= 11 is 5.65. The number of anilines is 1. The van der Waals surface area contributed by atoms with Gasteiger partial charge in [0.1, 0.15) is 5.82 Å². The lowest BCUT2D eigenvalue weighted by molar-refractivity contribution is 0.0939. The molecule has 0 aromatic heterocycles. The van der Waals surface area contributed by atoms with Crippen molar-refractivity contribution in [2.45, 2.75) is 31.2 Å². The van der Waals surface area contributed by atoms with Crippen LogP contribution in [-0.4, -0.2) is 20.4 Å². The number of hydrogen-bond donors (Lipinski definition) is 2. The lowest BCUT2D eigenvalue weighted by atomic mass is 10.2. The van der Waals surface area contributed by atoms with E-state index >= 15 is 0 Å². The molecule has 2 aromatic carbocycles. The minimum absolute atomic E-state index is 0.0211. The Morgan fingerprint density at radius 2 is 1.96 bits per heavy atom. The highest BCUT2D eigenvalue weighted by molar-refractivity contribution is 7.92. The van der Waals surface area contributed by atoms with E-state index < -0.39 is 15.8 Å². The van der Waals surface area contributed by atoms with Crippen molar-refractivity contribution < 1.29 is 17.6 Å². The molecule has 8 heteroatoms. The summed E-state index contributed by atoms with van der Waals surface area (Å²) in [5.41, 5.74) is 0.362. The summed E-state index contributed by atoms with van der Waals surface area (Å²) in [6.45, 7) is 3.79. The topological polar surface area (TPSA) is 75.3 Å². The van der Waals surface area contributed by atoms with Crippen LogP contribution in [0.2, 0.25) is 5.02 Å². The zero-order chi connectivity index (χ0) is 18.6. The predicted octanol–water partition coefficient (Wildman–Crippen LogP) is 3.81. The van der Waals surface area contributed by atoms with E-state index in [0.717, 1.165) is 12.5 Å². The van der Waals surface area contributed by atoms with Crippen molar-refractivity contribution in [3.05, 3.63) is 58.9 Å². The first-order valence-electron chi connectivity index (χ1n) is 7.61. The largest absolute Gasteiger partial charge is 0.350 e. The molecule has 0 bridgehead atoms. The van der Waals surface area contributed by atoms with Gasteiger partial charge in [-0.05, 0) is 49.7 Å². The number of nitrogens with one attached hydrogen (secondary N) is 2. The van der Waals surface area contributed by atoms with E-state index in [1.807, 2.05) is 13.8 Å².